The van der Waals surface area contributed by atoms with E-state index < -0.39 is 0 Å². The molecule has 5 nitrogen and oxygen atoms in total. The minimum absolute atomic E-state index is 0.0185. The maximum absolute atomic E-state index is 11.6. The van der Waals surface area contributed by atoms with E-state index >= 15 is 0 Å². The monoisotopic (exact) mass is 249 g/mol. The molecule has 0 unspecified atom stereocenters. The van der Waals surface area contributed by atoms with Crippen molar-refractivity contribution >= 4 is 11.7 Å². The maximum atomic E-state index is 11.6. The molecule has 18 heavy (non-hydrogen) atoms. The lowest BCUT2D eigenvalue weighted by Crippen LogP contribution is -2.26. The predicted molar refractivity (Wildman–Crippen MR) is 70.4 cm³/mol. The zero-order valence-corrected chi connectivity index (χ0v) is 10.3. The van der Waals surface area contributed by atoms with Crippen LogP contribution >= 0.6 is 0 Å². The number of hydrogen-bond acceptors (Lipinski definition) is 3. The Kier molecular flexibility index (Phi) is 6.32. The van der Waals surface area contributed by atoms with Gasteiger partial charge in [0.2, 0.25) is 5.91 Å². The van der Waals surface area contributed by atoms with Crippen LogP contribution in [0.4, 0.5) is 0 Å². The van der Waals surface area contributed by atoms with Gasteiger partial charge in [-0.15, -0.1) is 0 Å². The molecule has 1 rings (SSSR count). The van der Waals surface area contributed by atoms with Gasteiger partial charge >= 0.3 is 0 Å². The van der Waals surface area contributed by atoms with Crippen LogP contribution in [0.3, 0.4) is 0 Å². The summed E-state index contributed by atoms with van der Waals surface area (Å²) in [5, 5.41) is 14.1. The fourth-order valence-electron chi connectivity index (χ4n) is 1.55. The van der Waals surface area contributed by atoms with E-state index in [0.717, 1.165) is 18.4 Å². The van der Waals surface area contributed by atoms with Crippen LogP contribution in [-0.2, 0) is 11.2 Å². The van der Waals surface area contributed by atoms with Crippen molar-refractivity contribution in [3.8, 4) is 0 Å². The lowest BCUT2D eigenvalue weighted by molar-refractivity contribution is -0.120. The molecule has 0 fully saturated rings. The molecule has 0 aliphatic rings. The Bertz CT molecular complexity index is 390. The molecule has 0 aliphatic heterocycles. The summed E-state index contributed by atoms with van der Waals surface area (Å²) in [6.07, 6.45) is 2.56. The van der Waals surface area contributed by atoms with E-state index in [9.17, 15) is 4.79 Å². The summed E-state index contributed by atoms with van der Waals surface area (Å²) < 4.78 is 0. The number of oxime groups is 1. The van der Waals surface area contributed by atoms with E-state index in [-0.39, 0.29) is 11.7 Å². The molecule has 0 saturated carbocycles. The van der Waals surface area contributed by atoms with E-state index in [1.165, 1.54) is 0 Å². The molecule has 0 heterocycles. The molecule has 0 atom stereocenters. The van der Waals surface area contributed by atoms with Crippen molar-refractivity contribution in [1.29, 1.82) is 0 Å². The molecule has 0 bridgehead atoms. The summed E-state index contributed by atoms with van der Waals surface area (Å²) in [5.41, 5.74) is 6.34. The van der Waals surface area contributed by atoms with Crippen LogP contribution < -0.4 is 11.1 Å². The van der Waals surface area contributed by atoms with Crippen LogP contribution in [0.1, 0.15) is 24.8 Å². The van der Waals surface area contributed by atoms with Crippen molar-refractivity contribution in [1.82, 2.24) is 5.32 Å². The van der Waals surface area contributed by atoms with Crippen LogP contribution in [0.15, 0.2) is 35.5 Å². The Morgan fingerprint density at radius 2 is 2.00 bits per heavy atom. The van der Waals surface area contributed by atoms with Crippen LogP contribution in [0.25, 0.3) is 0 Å². The fraction of sp³-hybridized carbons (Fsp3) is 0.385. The molecule has 1 aromatic rings. The van der Waals surface area contributed by atoms with Crippen molar-refractivity contribution in [2.24, 2.45) is 10.9 Å². The van der Waals surface area contributed by atoms with Gasteiger partial charge in [-0.3, -0.25) is 4.79 Å². The van der Waals surface area contributed by atoms with Crippen LogP contribution in [0.5, 0.6) is 0 Å². The number of nitrogens with two attached hydrogens (primary N) is 1. The standard InChI is InChI=1S/C13H19N3O2/c14-12(16-18)8-4-5-9-15-13(17)10-11-6-2-1-3-7-11/h1-3,6-7,18H,4-5,8-10H2,(H2,14,16)(H,15,17). The number of rotatable bonds is 7. The second-order valence-electron chi connectivity index (χ2n) is 4.06. The number of hydrogen-bond donors (Lipinski definition) is 3. The lowest BCUT2D eigenvalue weighted by Gasteiger charge is -2.05. The summed E-state index contributed by atoms with van der Waals surface area (Å²) in [5.74, 6) is 0.246. The van der Waals surface area contributed by atoms with Crippen molar-refractivity contribution in [3.63, 3.8) is 0 Å². The van der Waals surface area contributed by atoms with Crippen LogP contribution in [-0.4, -0.2) is 23.5 Å². The molecule has 0 radical (unpaired) electrons. The van der Waals surface area contributed by atoms with Crippen molar-refractivity contribution in [2.45, 2.75) is 25.7 Å². The Balaban J connectivity index is 2.11. The van der Waals surface area contributed by atoms with Gasteiger partial charge in [0, 0.05) is 13.0 Å². The second kappa shape index (κ2) is 8.11. The number of unbranched alkanes of at least 4 members (excludes halogenated alkanes) is 1. The number of carbonyl (C=O) groups excluding carboxylic acids is 1. The first-order valence-electron chi connectivity index (χ1n) is 5.99. The third kappa shape index (κ3) is 5.89. The number of amides is 1. The quantitative estimate of drug-likeness (QED) is 0.223. The molecule has 1 amide bonds. The molecule has 4 N–H and O–H groups in total. The Labute approximate surface area is 107 Å². The second-order valence-corrected chi connectivity index (χ2v) is 4.06. The molecule has 0 aliphatic carbocycles. The highest BCUT2D eigenvalue weighted by atomic mass is 16.4. The summed E-state index contributed by atoms with van der Waals surface area (Å²) >= 11 is 0. The van der Waals surface area contributed by atoms with E-state index in [1.807, 2.05) is 30.3 Å². The lowest BCUT2D eigenvalue weighted by atomic mass is 10.1. The molecule has 0 spiro atoms. The third-order valence-corrected chi connectivity index (χ3v) is 2.52. The van der Waals surface area contributed by atoms with Gasteiger partial charge in [0.25, 0.3) is 0 Å². The van der Waals surface area contributed by atoms with Gasteiger partial charge in [0.05, 0.1) is 6.42 Å². The topological polar surface area (TPSA) is 87.7 Å². The Morgan fingerprint density at radius 1 is 1.28 bits per heavy atom. The number of amidine groups is 1. The maximum Gasteiger partial charge on any atom is 0.224 e. The first kappa shape index (κ1) is 14.0. The Morgan fingerprint density at radius 3 is 2.67 bits per heavy atom. The van der Waals surface area contributed by atoms with Gasteiger partial charge in [-0.2, -0.15) is 0 Å². The van der Waals surface area contributed by atoms with Gasteiger partial charge in [0.1, 0.15) is 5.84 Å². The van der Waals surface area contributed by atoms with Crippen LogP contribution in [0.2, 0.25) is 0 Å². The van der Waals surface area contributed by atoms with Gasteiger partial charge < -0.3 is 16.3 Å². The highest BCUT2D eigenvalue weighted by Crippen LogP contribution is 1.99. The fourth-order valence-corrected chi connectivity index (χ4v) is 1.55. The Hall–Kier alpha value is -2.04. The average Bonchev–Trinajstić information content (AvgIpc) is 2.39. The summed E-state index contributed by atoms with van der Waals surface area (Å²) in [7, 11) is 0. The highest BCUT2D eigenvalue weighted by molar-refractivity contribution is 5.79. The van der Waals surface area contributed by atoms with Gasteiger partial charge in [0.15, 0.2) is 0 Å². The zero-order chi connectivity index (χ0) is 13.2. The number of benzene rings is 1. The molecular formula is C13H19N3O2. The van der Waals surface area contributed by atoms with Gasteiger partial charge in [-0.25, -0.2) is 0 Å². The number of carbonyl (C=O) groups is 1. The highest BCUT2D eigenvalue weighted by Gasteiger charge is 2.02. The minimum atomic E-state index is 0.0185. The first-order chi connectivity index (χ1) is 8.72. The van der Waals surface area contributed by atoms with Crippen molar-refractivity contribution in [2.75, 3.05) is 6.54 Å². The smallest absolute Gasteiger partial charge is 0.224 e. The van der Waals surface area contributed by atoms with Crippen molar-refractivity contribution in [3.05, 3.63) is 35.9 Å². The third-order valence-electron chi connectivity index (χ3n) is 2.52. The van der Waals surface area contributed by atoms with Crippen LogP contribution in [0, 0.1) is 0 Å². The molecule has 0 aromatic heterocycles. The van der Waals surface area contributed by atoms with Crippen molar-refractivity contribution < 1.29 is 10.0 Å². The summed E-state index contributed by atoms with van der Waals surface area (Å²) in [6, 6.07) is 9.61. The predicted octanol–water partition coefficient (Wildman–Crippen LogP) is 1.26. The average molecular weight is 249 g/mol. The number of nitrogens with one attached hydrogen (secondary N) is 1. The zero-order valence-electron chi connectivity index (χ0n) is 10.3. The molecular weight excluding hydrogens is 230 g/mol. The summed E-state index contributed by atoms with van der Waals surface area (Å²) in [4.78, 5) is 11.6. The summed E-state index contributed by atoms with van der Waals surface area (Å²) in [6.45, 7) is 0.615. The normalized spacial score (nSPS) is 11.2. The molecule has 98 valence electrons. The SMILES string of the molecule is NC(CCCCNC(=O)Cc1ccccc1)=NO. The van der Waals surface area contributed by atoms with E-state index in [2.05, 4.69) is 10.5 Å². The first-order valence-corrected chi connectivity index (χ1v) is 5.99. The largest absolute Gasteiger partial charge is 0.409 e. The van der Waals surface area contributed by atoms with Gasteiger partial charge in [-0.05, 0) is 18.4 Å². The van der Waals surface area contributed by atoms with E-state index in [0.29, 0.717) is 19.4 Å². The number of nitrogens with zero attached hydrogens (tertiary/aromatic N) is 1. The molecule has 0 saturated heterocycles. The molecule has 5 heteroatoms. The van der Waals surface area contributed by atoms with Gasteiger partial charge in [-0.1, -0.05) is 35.5 Å². The van der Waals surface area contributed by atoms with E-state index in [1.54, 1.807) is 0 Å². The van der Waals surface area contributed by atoms with E-state index in [4.69, 9.17) is 10.9 Å². The minimum Gasteiger partial charge on any atom is -0.409 e. The molecule has 1 aromatic carbocycles.